The molecule has 2 saturated heterocycles. The molecule has 4 aliphatic rings. The van der Waals surface area contributed by atoms with Gasteiger partial charge in [0.2, 0.25) is 23.1 Å². The number of halogens is 1. The van der Waals surface area contributed by atoms with Gasteiger partial charge >= 0.3 is 0 Å². The molecule has 8 nitrogen and oxygen atoms in total. The van der Waals surface area contributed by atoms with Crippen molar-refractivity contribution in [3.8, 4) is 5.75 Å². The number of hydrogen-bond acceptors (Lipinski definition) is 7. The van der Waals surface area contributed by atoms with E-state index in [0.717, 1.165) is 44.5 Å². The summed E-state index contributed by atoms with van der Waals surface area (Å²) < 4.78 is 16.2. The van der Waals surface area contributed by atoms with E-state index >= 15 is 0 Å². The maximum atomic E-state index is 13.0. The van der Waals surface area contributed by atoms with Gasteiger partial charge in [-0.15, -0.1) is 12.4 Å². The monoisotopic (exact) mass is 572 g/mol. The predicted molar refractivity (Wildman–Crippen MR) is 154 cm³/mol. The molecule has 40 heavy (non-hydrogen) atoms. The fourth-order valence-corrected chi connectivity index (χ4v) is 6.57. The van der Waals surface area contributed by atoms with E-state index in [1.165, 1.54) is 46.6 Å². The second kappa shape index (κ2) is 13.7. The molecule has 0 unspecified atom stereocenters. The number of allylic oxidation sites excluding steroid dienone is 2. The fourth-order valence-electron chi connectivity index (χ4n) is 6.57. The lowest BCUT2D eigenvalue weighted by Crippen LogP contribution is -2.48. The summed E-state index contributed by atoms with van der Waals surface area (Å²) in [4.78, 5) is 43.1. The smallest absolute Gasteiger partial charge is 0.253 e. The average Bonchev–Trinajstić information content (AvgIpc) is 3.42. The molecule has 9 heteroatoms. The second-order valence-electron chi connectivity index (χ2n) is 11.1. The molecule has 2 aliphatic heterocycles. The minimum atomic E-state index is -0.233. The van der Waals surface area contributed by atoms with Crippen LogP contribution in [-0.4, -0.2) is 80.3 Å². The van der Waals surface area contributed by atoms with Gasteiger partial charge < -0.3 is 24.0 Å². The molecule has 0 radical (unpaired) electrons. The van der Waals surface area contributed by atoms with Crippen LogP contribution in [-0.2, 0) is 19.1 Å². The molecule has 0 saturated carbocycles. The molecule has 0 aromatic heterocycles. The third-order valence-corrected chi connectivity index (χ3v) is 8.71. The zero-order valence-corrected chi connectivity index (χ0v) is 24.4. The molecule has 2 fully saturated rings. The van der Waals surface area contributed by atoms with Gasteiger partial charge in [-0.25, -0.2) is 0 Å². The Morgan fingerprint density at radius 1 is 0.850 bits per heavy atom. The minimum Gasteiger partial charge on any atom is -0.494 e. The van der Waals surface area contributed by atoms with Gasteiger partial charge in [0.25, 0.3) is 5.91 Å². The Balaban J connectivity index is 0.00000370. The number of nitrogens with zero attached hydrogens (tertiary/aromatic N) is 2. The summed E-state index contributed by atoms with van der Waals surface area (Å²) in [5.41, 5.74) is 1.84. The normalized spacial score (nSPS) is 20.9. The number of amides is 1. The van der Waals surface area contributed by atoms with E-state index in [1.54, 1.807) is 0 Å². The third-order valence-electron chi connectivity index (χ3n) is 8.71. The number of piperidine rings is 2. The number of Topliss-reactive ketones (excluding diaryl/α,β-unsaturated/α-hetero) is 2. The van der Waals surface area contributed by atoms with Crippen LogP contribution in [0.2, 0.25) is 0 Å². The van der Waals surface area contributed by atoms with Crippen molar-refractivity contribution in [3.05, 3.63) is 52.5 Å². The highest BCUT2D eigenvalue weighted by Crippen LogP contribution is 2.41. The van der Waals surface area contributed by atoms with Crippen molar-refractivity contribution in [3.63, 3.8) is 0 Å². The van der Waals surface area contributed by atoms with E-state index < -0.39 is 0 Å². The topological polar surface area (TPSA) is 85.4 Å². The first kappa shape index (κ1) is 30.1. The van der Waals surface area contributed by atoms with Crippen LogP contribution < -0.4 is 4.74 Å². The van der Waals surface area contributed by atoms with Crippen LogP contribution in [0.5, 0.6) is 5.75 Å². The molecule has 2 aliphatic carbocycles. The van der Waals surface area contributed by atoms with Crippen molar-refractivity contribution < 1.29 is 28.6 Å². The molecule has 0 N–H and O–H groups in total. The van der Waals surface area contributed by atoms with Crippen LogP contribution in [0.1, 0.15) is 68.1 Å². The largest absolute Gasteiger partial charge is 0.494 e. The van der Waals surface area contributed by atoms with E-state index in [2.05, 4.69) is 4.90 Å². The van der Waals surface area contributed by atoms with E-state index in [1.807, 2.05) is 29.2 Å². The number of carbonyl (C=O) groups excluding carboxylic acids is 3. The number of ether oxygens (including phenoxy) is 3. The number of rotatable bonds is 9. The molecule has 0 atom stereocenters. The molecular weight excluding hydrogens is 532 g/mol. The minimum absolute atomic E-state index is 0. The van der Waals surface area contributed by atoms with Crippen LogP contribution in [0.3, 0.4) is 0 Å². The Labute approximate surface area is 243 Å². The summed E-state index contributed by atoms with van der Waals surface area (Å²) >= 11 is 0. The first-order chi connectivity index (χ1) is 19.0. The highest BCUT2D eigenvalue weighted by atomic mass is 35.5. The van der Waals surface area contributed by atoms with E-state index in [-0.39, 0.29) is 47.3 Å². The van der Waals surface area contributed by atoms with Crippen molar-refractivity contribution in [1.29, 1.82) is 0 Å². The standard InChI is InChI=1S/C31H40N2O6.ClH/c1-37-29-27(34)25-19-21(20-26(25)28(35)30(29)38-2)7-6-18-39-24-10-8-22(9-11-24)31(36)33-16-12-23(13-17-33)32-14-4-3-5-15-32;/h8-11,21,23H,3-7,12-20H2,1-2H3;1H. The van der Waals surface area contributed by atoms with Gasteiger partial charge in [0.15, 0.2) is 0 Å². The van der Waals surface area contributed by atoms with Gasteiger partial charge in [0, 0.05) is 35.8 Å². The van der Waals surface area contributed by atoms with Gasteiger partial charge in [-0.2, -0.15) is 0 Å². The number of benzene rings is 1. The zero-order valence-electron chi connectivity index (χ0n) is 23.6. The maximum Gasteiger partial charge on any atom is 0.253 e. The average molecular weight is 573 g/mol. The molecule has 218 valence electrons. The van der Waals surface area contributed by atoms with Crippen LogP contribution >= 0.6 is 12.4 Å². The second-order valence-corrected chi connectivity index (χ2v) is 11.1. The lowest BCUT2D eigenvalue weighted by atomic mass is 9.94. The van der Waals surface area contributed by atoms with Crippen molar-refractivity contribution in [2.75, 3.05) is 47.0 Å². The lowest BCUT2D eigenvalue weighted by molar-refractivity contribution is -0.121. The molecule has 1 amide bonds. The van der Waals surface area contributed by atoms with Gasteiger partial charge in [-0.1, -0.05) is 6.42 Å². The van der Waals surface area contributed by atoms with Crippen molar-refractivity contribution >= 4 is 29.9 Å². The summed E-state index contributed by atoms with van der Waals surface area (Å²) in [7, 11) is 2.77. The first-order valence-electron chi connectivity index (χ1n) is 14.4. The molecule has 2 heterocycles. The Kier molecular flexibility index (Phi) is 10.3. The number of likely N-dealkylation sites (tertiary alicyclic amines) is 2. The van der Waals surface area contributed by atoms with Gasteiger partial charge in [0.1, 0.15) is 5.75 Å². The molecule has 1 aromatic carbocycles. The summed E-state index contributed by atoms with van der Waals surface area (Å²) in [6.07, 6.45) is 8.90. The zero-order chi connectivity index (χ0) is 27.4. The molecule has 1 aromatic rings. The summed E-state index contributed by atoms with van der Waals surface area (Å²) in [6, 6.07) is 8.07. The first-order valence-corrected chi connectivity index (χ1v) is 14.4. The third kappa shape index (κ3) is 6.39. The van der Waals surface area contributed by atoms with Crippen LogP contribution in [0.15, 0.2) is 46.9 Å². The van der Waals surface area contributed by atoms with Crippen molar-refractivity contribution in [2.45, 2.75) is 63.8 Å². The van der Waals surface area contributed by atoms with Gasteiger partial charge in [-0.05, 0) is 94.6 Å². The number of ketones is 2. The SMILES string of the molecule is COC1=C(OC)C(=O)C2=C(CC(CCCOc3ccc(C(=O)N4CCC(N5CCCCC5)CC4)cc3)C2)C1=O.Cl. The summed E-state index contributed by atoms with van der Waals surface area (Å²) in [5.74, 6) is 0.613. The Morgan fingerprint density at radius 3 is 1.98 bits per heavy atom. The van der Waals surface area contributed by atoms with Crippen LogP contribution in [0, 0.1) is 5.92 Å². The van der Waals surface area contributed by atoms with Crippen LogP contribution in [0.25, 0.3) is 0 Å². The highest BCUT2D eigenvalue weighted by Gasteiger charge is 2.41. The van der Waals surface area contributed by atoms with Crippen molar-refractivity contribution in [1.82, 2.24) is 9.80 Å². The van der Waals surface area contributed by atoms with Crippen molar-refractivity contribution in [2.24, 2.45) is 5.92 Å². The Bertz CT molecular complexity index is 1110. The summed E-state index contributed by atoms with van der Waals surface area (Å²) in [6.45, 7) is 4.60. The predicted octanol–water partition coefficient (Wildman–Crippen LogP) is 4.72. The van der Waals surface area contributed by atoms with Gasteiger partial charge in [-0.3, -0.25) is 14.4 Å². The van der Waals surface area contributed by atoms with E-state index in [9.17, 15) is 14.4 Å². The lowest BCUT2D eigenvalue weighted by Gasteiger charge is -2.40. The molecular formula is C31H41ClN2O6. The molecule has 0 bridgehead atoms. The van der Waals surface area contributed by atoms with Gasteiger partial charge in [0.05, 0.1) is 20.8 Å². The molecule has 0 spiro atoms. The Hall–Kier alpha value is -2.84. The summed E-state index contributed by atoms with van der Waals surface area (Å²) in [5, 5.41) is 0. The highest BCUT2D eigenvalue weighted by molar-refractivity contribution is 6.24. The van der Waals surface area contributed by atoms with E-state index in [4.69, 9.17) is 14.2 Å². The maximum absolute atomic E-state index is 13.0. The van der Waals surface area contributed by atoms with E-state index in [0.29, 0.717) is 42.2 Å². The number of carbonyl (C=O) groups is 3. The quantitative estimate of drug-likeness (QED) is 0.313. The van der Waals surface area contributed by atoms with Crippen LogP contribution in [0.4, 0.5) is 0 Å². The molecule has 5 rings (SSSR count). The number of methoxy groups -OCH3 is 2. The fraction of sp³-hybridized carbons (Fsp3) is 0.581. The number of hydrogen-bond donors (Lipinski definition) is 0. The Morgan fingerprint density at radius 2 is 1.43 bits per heavy atom.